The Kier molecular flexibility index (Phi) is 12.5. The van der Waals surface area contributed by atoms with E-state index in [0.717, 1.165) is 0 Å². The first kappa shape index (κ1) is 14.2. The zero-order chi connectivity index (χ0) is 11.2. The first-order chi connectivity index (χ1) is 7.41. The summed E-state index contributed by atoms with van der Waals surface area (Å²) >= 11 is 0. The van der Waals surface area contributed by atoms with Crippen LogP contribution in [-0.4, -0.2) is 0 Å². The number of hydrogen-bond acceptors (Lipinski definition) is 0. The molecule has 0 saturated carbocycles. The Morgan fingerprint density at radius 2 is 1.33 bits per heavy atom. The minimum Gasteiger partial charge on any atom is -0.0917 e. The molecule has 0 aromatic rings. The van der Waals surface area contributed by atoms with Crippen LogP contribution in [0.4, 0.5) is 0 Å². The molecule has 0 fully saturated rings. The maximum absolute atomic E-state index is 5.23. The summed E-state index contributed by atoms with van der Waals surface area (Å²) in [5, 5.41) is 0. The van der Waals surface area contributed by atoms with Crippen molar-refractivity contribution >= 4 is 0 Å². The van der Waals surface area contributed by atoms with E-state index in [-0.39, 0.29) is 0 Å². The van der Waals surface area contributed by atoms with E-state index in [9.17, 15) is 0 Å². The molecule has 0 atom stereocenters. The molecule has 85 valence electrons. The highest BCUT2D eigenvalue weighted by Crippen LogP contribution is 2.09. The van der Waals surface area contributed by atoms with Crippen molar-refractivity contribution < 1.29 is 0 Å². The van der Waals surface area contributed by atoms with Crippen LogP contribution in [0.5, 0.6) is 0 Å². The van der Waals surface area contributed by atoms with Crippen molar-refractivity contribution in [2.24, 2.45) is 0 Å². The second-order valence-electron chi connectivity index (χ2n) is 3.89. The van der Waals surface area contributed by atoms with Crippen LogP contribution in [-0.2, 0) is 0 Å². The van der Waals surface area contributed by atoms with Crippen LogP contribution in [0.2, 0.25) is 0 Å². The van der Waals surface area contributed by atoms with Crippen molar-refractivity contribution in [2.75, 3.05) is 0 Å². The summed E-state index contributed by atoms with van der Waals surface area (Å²) < 4.78 is 0. The van der Waals surface area contributed by atoms with Gasteiger partial charge in [-0.05, 0) is 32.6 Å². The lowest BCUT2D eigenvalue weighted by Gasteiger charge is -1.98. The standard InChI is InChI=1S/C15H25/c1-3-5-7-9-11-13-15-14-12-10-8-6-4-2/h1,3-7H,8-15H2,2H3. The molecule has 0 aliphatic rings. The van der Waals surface area contributed by atoms with E-state index in [1.54, 1.807) is 6.08 Å². The van der Waals surface area contributed by atoms with Gasteiger partial charge in [-0.3, -0.25) is 0 Å². The molecule has 0 aliphatic heterocycles. The molecule has 0 bridgehead atoms. The smallest absolute Gasteiger partial charge is 0.0348 e. The normalized spacial score (nSPS) is 11.5. The number of allylic oxidation sites excluding steroid dienone is 5. The third-order valence-corrected chi connectivity index (χ3v) is 2.47. The fourth-order valence-corrected chi connectivity index (χ4v) is 1.57. The van der Waals surface area contributed by atoms with Gasteiger partial charge in [-0.1, -0.05) is 62.6 Å². The van der Waals surface area contributed by atoms with Crippen LogP contribution < -0.4 is 0 Å². The minimum atomic E-state index is 1.17. The highest BCUT2D eigenvalue weighted by molar-refractivity contribution is 4.95. The summed E-state index contributed by atoms with van der Waals surface area (Å²) in [7, 11) is 0. The third kappa shape index (κ3) is 13.2. The SMILES string of the molecule is [CH]=CC=CCCCCCCCCC=CC. The fourth-order valence-electron chi connectivity index (χ4n) is 1.57. The van der Waals surface area contributed by atoms with E-state index >= 15 is 0 Å². The first-order valence-electron chi connectivity index (χ1n) is 6.23. The second-order valence-corrected chi connectivity index (χ2v) is 3.89. The highest BCUT2D eigenvalue weighted by Gasteiger charge is 1.89. The lowest BCUT2D eigenvalue weighted by Crippen LogP contribution is -1.79. The predicted octanol–water partition coefficient (Wildman–Crippen LogP) is 5.23. The first-order valence-corrected chi connectivity index (χ1v) is 6.23. The molecule has 0 heterocycles. The molecule has 0 spiro atoms. The second kappa shape index (κ2) is 13.2. The van der Waals surface area contributed by atoms with Gasteiger partial charge in [0.25, 0.3) is 0 Å². The zero-order valence-electron chi connectivity index (χ0n) is 10.1. The summed E-state index contributed by atoms with van der Waals surface area (Å²) in [6, 6.07) is 0. The van der Waals surface area contributed by atoms with Gasteiger partial charge in [0.05, 0.1) is 0 Å². The van der Waals surface area contributed by atoms with Crippen molar-refractivity contribution in [1.82, 2.24) is 0 Å². The fraction of sp³-hybridized carbons (Fsp3) is 0.600. The zero-order valence-corrected chi connectivity index (χ0v) is 10.1. The van der Waals surface area contributed by atoms with Crippen molar-refractivity contribution in [2.45, 2.75) is 58.3 Å². The van der Waals surface area contributed by atoms with Gasteiger partial charge in [-0.15, -0.1) is 0 Å². The Hall–Kier alpha value is -0.780. The van der Waals surface area contributed by atoms with Crippen LogP contribution in [0.1, 0.15) is 58.3 Å². The Balaban J connectivity index is 2.98. The molecule has 15 heavy (non-hydrogen) atoms. The highest BCUT2D eigenvalue weighted by atomic mass is 14.0. The van der Waals surface area contributed by atoms with E-state index in [1.807, 2.05) is 6.08 Å². The molecule has 0 aromatic carbocycles. The topological polar surface area (TPSA) is 0 Å². The van der Waals surface area contributed by atoms with Crippen molar-refractivity contribution in [3.63, 3.8) is 0 Å². The summed E-state index contributed by atoms with van der Waals surface area (Å²) in [4.78, 5) is 0. The molecule has 0 N–H and O–H groups in total. The van der Waals surface area contributed by atoms with Gasteiger partial charge in [0.2, 0.25) is 0 Å². The molecule has 1 radical (unpaired) electrons. The van der Waals surface area contributed by atoms with Gasteiger partial charge in [0.1, 0.15) is 0 Å². The van der Waals surface area contributed by atoms with Gasteiger partial charge in [0, 0.05) is 0 Å². The van der Waals surface area contributed by atoms with Gasteiger partial charge >= 0.3 is 0 Å². The minimum absolute atomic E-state index is 1.17. The van der Waals surface area contributed by atoms with Gasteiger partial charge in [-0.25, -0.2) is 0 Å². The van der Waals surface area contributed by atoms with E-state index in [1.165, 1.54) is 51.4 Å². The van der Waals surface area contributed by atoms with E-state index < -0.39 is 0 Å². The maximum atomic E-state index is 5.23. The molecule has 0 unspecified atom stereocenters. The predicted molar refractivity (Wildman–Crippen MR) is 69.8 cm³/mol. The monoisotopic (exact) mass is 205 g/mol. The summed E-state index contributed by atoms with van der Waals surface area (Å²) in [6.07, 6.45) is 20.7. The van der Waals surface area contributed by atoms with E-state index in [2.05, 4.69) is 25.2 Å². The number of hydrogen-bond donors (Lipinski definition) is 0. The molecule has 0 heteroatoms. The Morgan fingerprint density at radius 1 is 0.800 bits per heavy atom. The molecule has 0 aliphatic carbocycles. The molecular weight excluding hydrogens is 180 g/mol. The average Bonchev–Trinajstić information content (AvgIpc) is 2.26. The summed E-state index contributed by atoms with van der Waals surface area (Å²) in [5.41, 5.74) is 0. The number of unbranched alkanes of at least 4 members (excludes halogenated alkanes) is 7. The Labute approximate surface area is 95.8 Å². The molecular formula is C15H25. The number of rotatable bonds is 10. The molecule has 0 aromatic heterocycles. The molecule has 0 rings (SSSR count). The Bertz CT molecular complexity index is 174. The van der Waals surface area contributed by atoms with Crippen molar-refractivity contribution in [1.29, 1.82) is 0 Å². The molecule has 0 saturated heterocycles. The van der Waals surface area contributed by atoms with Gasteiger partial charge < -0.3 is 0 Å². The lowest BCUT2D eigenvalue weighted by atomic mass is 10.1. The average molecular weight is 205 g/mol. The van der Waals surface area contributed by atoms with Crippen molar-refractivity contribution in [3.8, 4) is 0 Å². The van der Waals surface area contributed by atoms with Gasteiger partial charge in [0.15, 0.2) is 0 Å². The van der Waals surface area contributed by atoms with E-state index in [4.69, 9.17) is 6.58 Å². The van der Waals surface area contributed by atoms with Crippen LogP contribution >= 0.6 is 0 Å². The van der Waals surface area contributed by atoms with Crippen LogP contribution in [0.25, 0.3) is 0 Å². The summed E-state index contributed by atoms with van der Waals surface area (Å²) in [5.74, 6) is 0. The molecule has 0 nitrogen and oxygen atoms in total. The Morgan fingerprint density at radius 3 is 1.87 bits per heavy atom. The quantitative estimate of drug-likeness (QED) is 0.260. The van der Waals surface area contributed by atoms with Gasteiger partial charge in [-0.2, -0.15) is 0 Å². The third-order valence-electron chi connectivity index (χ3n) is 2.47. The van der Waals surface area contributed by atoms with Crippen molar-refractivity contribution in [3.05, 3.63) is 37.0 Å². The lowest BCUT2D eigenvalue weighted by molar-refractivity contribution is 0.600. The van der Waals surface area contributed by atoms with Crippen LogP contribution in [0.3, 0.4) is 0 Å². The largest absolute Gasteiger partial charge is 0.0917 e. The summed E-state index contributed by atoms with van der Waals surface area (Å²) in [6.45, 7) is 7.32. The van der Waals surface area contributed by atoms with Crippen LogP contribution in [0, 0.1) is 6.58 Å². The van der Waals surface area contributed by atoms with E-state index in [0.29, 0.717) is 0 Å². The molecule has 0 amide bonds. The maximum Gasteiger partial charge on any atom is -0.0348 e. The van der Waals surface area contributed by atoms with Crippen LogP contribution in [0.15, 0.2) is 30.4 Å².